The molecule has 3 rings (SSSR count). The molecule has 3 aromatic rings. The summed E-state index contributed by atoms with van der Waals surface area (Å²) in [5.74, 6) is 1.96. The summed E-state index contributed by atoms with van der Waals surface area (Å²) in [4.78, 5) is 4.39. The van der Waals surface area contributed by atoms with Crippen molar-refractivity contribution in [2.24, 2.45) is 0 Å². The summed E-state index contributed by atoms with van der Waals surface area (Å²) in [6, 6.07) is 13.4. The maximum absolute atomic E-state index is 5.27. The molecule has 0 spiro atoms. The van der Waals surface area contributed by atoms with E-state index in [1.165, 1.54) is 0 Å². The highest BCUT2D eigenvalue weighted by Crippen LogP contribution is 2.19. The average molecular weight is 268 g/mol. The van der Waals surface area contributed by atoms with Crippen molar-refractivity contribution in [3.05, 3.63) is 60.7 Å². The molecule has 0 bridgehead atoms. The van der Waals surface area contributed by atoms with E-state index in [2.05, 4.69) is 10.1 Å². The molecule has 0 fully saturated rings. The van der Waals surface area contributed by atoms with Gasteiger partial charge in [0.05, 0.1) is 7.11 Å². The first-order chi connectivity index (χ1) is 9.85. The third kappa shape index (κ3) is 2.66. The molecule has 0 saturated carbocycles. The maximum Gasteiger partial charge on any atom is 0.292 e. The third-order valence-electron chi connectivity index (χ3n) is 2.91. The van der Waals surface area contributed by atoms with Gasteiger partial charge in [-0.1, -0.05) is 11.2 Å². The van der Waals surface area contributed by atoms with E-state index in [9.17, 15) is 0 Å². The summed E-state index contributed by atoms with van der Waals surface area (Å²) in [7, 11) is 1.64. The molecule has 0 aliphatic carbocycles. The summed E-state index contributed by atoms with van der Waals surface area (Å²) < 4.78 is 12.4. The van der Waals surface area contributed by atoms with Crippen molar-refractivity contribution in [1.82, 2.24) is 10.1 Å². The van der Waals surface area contributed by atoms with Crippen LogP contribution in [0.25, 0.3) is 11.4 Å². The van der Waals surface area contributed by atoms with Crippen LogP contribution >= 0.6 is 0 Å². The minimum absolute atomic E-state index is 0.560. The quantitative estimate of drug-likeness (QED) is 0.680. The van der Waals surface area contributed by atoms with Crippen molar-refractivity contribution in [2.75, 3.05) is 7.11 Å². The summed E-state index contributed by atoms with van der Waals surface area (Å²) >= 11 is 0. The Hall–Kier alpha value is -2.69. The lowest BCUT2D eigenvalue weighted by Gasteiger charge is -1.98. The van der Waals surface area contributed by atoms with Gasteiger partial charge in [0, 0.05) is 17.7 Å². The van der Waals surface area contributed by atoms with Gasteiger partial charge in [-0.05, 0) is 24.3 Å². The molecule has 2 aromatic heterocycles. The molecular formula is C15H14N3O2+. The first kappa shape index (κ1) is 12.3. The van der Waals surface area contributed by atoms with Crippen LogP contribution < -0.4 is 9.30 Å². The molecule has 0 radical (unpaired) electrons. The van der Waals surface area contributed by atoms with Crippen molar-refractivity contribution in [2.45, 2.75) is 6.54 Å². The molecular weight excluding hydrogens is 254 g/mol. The van der Waals surface area contributed by atoms with E-state index in [1.807, 2.05) is 59.4 Å². The van der Waals surface area contributed by atoms with Crippen LogP contribution in [0.1, 0.15) is 5.89 Å². The van der Waals surface area contributed by atoms with Gasteiger partial charge in [-0.25, -0.2) is 0 Å². The predicted molar refractivity (Wildman–Crippen MR) is 72.0 cm³/mol. The van der Waals surface area contributed by atoms with Crippen LogP contribution in [0.2, 0.25) is 0 Å². The molecule has 0 aliphatic rings. The molecule has 1 aromatic carbocycles. The van der Waals surface area contributed by atoms with Crippen molar-refractivity contribution < 1.29 is 13.8 Å². The van der Waals surface area contributed by atoms with Crippen LogP contribution in [-0.4, -0.2) is 17.3 Å². The summed E-state index contributed by atoms with van der Waals surface area (Å²) in [5.41, 5.74) is 0.902. The van der Waals surface area contributed by atoms with Gasteiger partial charge in [-0.15, -0.1) is 0 Å². The highest BCUT2D eigenvalue weighted by Gasteiger charge is 2.12. The molecule has 100 valence electrons. The molecule has 20 heavy (non-hydrogen) atoms. The number of ether oxygens (including phenoxy) is 1. The molecule has 0 amide bonds. The Morgan fingerprint density at radius 3 is 2.55 bits per heavy atom. The summed E-state index contributed by atoms with van der Waals surface area (Å²) in [6.07, 6.45) is 3.91. The summed E-state index contributed by atoms with van der Waals surface area (Å²) in [6.45, 7) is 0.560. The van der Waals surface area contributed by atoms with Gasteiger partial charge in [0.25, 0.3) is 5.89 Å². The van der Waals surface area contributed by atoms with Gasteiger partial charge in [0.15, 0.2) is 12.4 Å². The number of nitrogens with zero attached hydrogens (tertiary/aromatic N) is 3. The number of methoxy groups -OCH3 is 1. The topological polar surface area (TPSA) is 52.0 Å². The Labute approximate surface area is 116 Å². The minimum Gasteiger partial charge on any atom is -0.497 e. The monoisotopic (exact) mass is 268 g/mol. The lowest BCUT2D eigenvalue weighted by Crippen LogP contribution is -2.32. The average Bonchev–Trinajstić information content (AvgIpc) is 2.97. The van der Waals surface area contributed by atoms with E-state index in [4.69, 9.17) is 9.26 Å². The molecule has 0 saturated heterocycles. The number of pyridine rings is 1. The number of aromatic nitrogens is 3. The second kappa shape index (κ2) is 5.52. The lowest BCUT2D eigenvalue weighted by molar-refractivity contribution is -0.690. The fraction of sp³-hybridized carbons (Fsp3) is 0.133. The molecule has 0 N–H and O–H groups in total. The van der Waals surface area contributed by atoms with Gasteiger partial charge >= 0.3 is 0 Å². The smallest absolute Gasteiger partial charge is 0.292 e. The van der Waals surface area contributed by atoms with Gasteiger partial charge < -0.3 is 9.26 Å². The number of rotatable bonds is 4. The Bertz CT molecular complexity index is 678. The number of hydrogen-bond acceptors (Lipinski definition) is 4. The van der Waals surface area contributed by atoms with Crippen LogP contribution in [0.4, 0.5) is 0 Å². The Kier molecular flexibility index (Phi) is 3.41. The first-order valence-corrected chi connectivity index (χ1v) is 6.26. The zero-order chi connectivity index (χ0) is 13.8. The fourth-order valence-corrected chi connectivity index (χ4v) is 1.87. The van der Waals surface area contributed by atoms with Gasteiger partial charge in [0.1, 0.15) is 5.75 Å². The molecule has 2 heterocycles. The molecule has 5 nitrogen and oxygen atoms in total. The van der Waals surface area contributed by atoms with Crippen LogP contribution in [0.5, 0.6) is 5.75 Å². The van der Waals surface area contributed by atoms with Gasteiger partial charge in [0.2, 0.25) is 12.4 Å². The number of hydrogen-bond donors (Lipinski definition) is 0. The van der Waals surface area contributed by atoms with Crippen molar-refractivity contribution in [3.63, 3.8) is 0 Å². The SMILES string of the molecule is COc1ccc(-c2noc(C[n+]3ccccc3)n2)cc1. The van der Waals surface area contributed by atoms with E-state index in [-0.39, 0.29) is 0 Å². The van der Waals surface area contributed by atoms with Crippen molar-refractivity contribution in [1.29, 1.82) is 0 Å². The van der Waals surface area contributed by atoms with Crippen LogP contribution in [-0.2, 0) is 6.54 Å². The molecule has 5 heteroatoms. The second-order valence-electron chi connectivity index (χ2n) is 4.29. The van der Waals surface area contributed by atoms with E-state index in [1.54, 1.807) is 7.11 Å². The van der Waals surface area contributed by atoms with Gasteiger partial charge in [-0.3, -0.25) is 0 Å². The molecule has 0 atom stereocenters. The van der Waals surface area contributed by atoms with Gasteiger partial charge in [-0.2, -0.15) is 9.55 Å². The Balaban J connectivity index is 1.79. The van der Waals surface area contributed by atoms with E-state index in [0.29, 0.717) is 18.3 Å². The van der Waals surface area contributed by atoms with E-state index >= 15 is 0 Å². The second-order valence-corrected chi connectivity index (χ2v) is 4.29. The van der Waals surface area contributed by atoms with Crippen molar-refractivity contribution >= 4 is 0 Å². The largest absolute Gasteiger partial charge is 0.497 e. The Morgan fingerprint density at radius 2 is 1.85 bits per heavy atom. The minimum atomic E-state index is 0.560. The van der Waals surface area contributed by atoms with Crippen LogP contribution in [0.15, 0.2) is 59.4 Å². The fourth-order valence-electron chi connectivity index (χ4n) is 1.87. The van der Waals surface area contributed by atoms with Crippen molar-refractivity contribution in [3.8, 4) is 17.1 Å². The zero-order valence-electron chi connectivity index (χ0n) is 11.1. The standard InChI is InChI=1S/C15H14N3O2/c1-19-13-7-5-12(6-8-13)15-16-14(20-17-15)11-18-9-3-2-4-10-18/h2-10H,11H2,1H3/q+1. The normalized spacial score (nSPS) is 10.4. The van der Waals surface area contributed by atoms with E-state index < -0.39 is 0 Å². The zero-order valence-corrected chi connectivity index (χ0v) is 11.1. The Morgan fingerprint density at radius 1 is 1.10 bits per heavy atom. The first-order valence-electron chi connectivity index (χ1n) is 6.26. The van der Waals surface area contributed by atoms with Crippen LogP contribution in [0.3, 0.4) is 0 Å². The molecule has 0 unspecified atom stereocenters. The van der Waals surface area contributed by atoms with E-state index in [0.717, 1.165) is 11.3 Å². The van der Waals surface area contributed by atoms with Crippen LogP contribution in [0, 0.1) is 0 Å². The predicted octanol–water partition coefficient (Wildman–Crippen LogP) is 2.08. The highest BCUT2D eigenvalue weighted by molar-refractivity contribution is 5.55. The highest BCUT2D eigenvalue weighted by atomic mass is 16.5. The summed E-state index contributed by atoms with van der Waals surface area (Å²) in [5, 5.41) is 4.00. The third-order valence-corrected chi connectivity index (χ3v) is 2.91. The molecule has 0 aliphatic heterocycles. The number of benzene rings is 1. The maximum atomic E-state index is 5.27. The lowest BCUT2D eigenvalue weighted by atomic mass is 10.2.